The highest BCUT2D eigenvalue weighted by Gasteiger charge is 2.24. The first kappa shape index (κ1) is 23.0. The van der Waals surface area contributed by atoms with Gasteiger partial charge in [0.25, 0.3) is 0 Å². The summed E-state index contributed by atoms with van der Waals surface area (Å²) in [6.07, 6.45) is 6.46. The van der Waals surface area contributed by atoms with Crippen LogP contribution in [0.4, 0.5) is 4.79 Å². The van der Waals surface area contributed by atoms with Crippen molar-refractivity contribution in [2.75, 3.05) is 33.9 Å². The van der Waals surface area contributed by atoms with E-state index in [-0.39, 0.29) is 18.2 Å². The normalized spacial score (nSPS) is 18.0. The summed E-state index contributed by atoms with van der Waals surface area (Å²) in [5.74, 6) is 2.33. The summed E-state index contributed by atoms with van der Waals surface area (Å²) in [5.41, 5.74) is 1.11. The first-order chi connectivity index (χ1) is 15.1. The molecule has 1 heterocycles. The smallest absolute Gasteiger partial charge is 0.409 e. The lowest BCUT2D eigenvalue weighted by Gasteiger charge is -2.32. The second kappa shape index (κ2) is 11.7. The Morgan fingerprint density at radius 3 is 2.55 bits per heavy atom. The minimum Gasteiger partial charge on any atom is -0.493 e. The van der Waals surface area contributed by atoms with E-state index >= 15 is 0 Å². The summed E-state index contributed by atoms with van der Waals surface area (Å²) >= 11 is 0. The molecular weight excluding hydrogens is 396 g/mol. The second-order valence-electron chi connectivity index (χ2n) is 8.04. The highest BCUT2D eigenvalue weighted by molar-refractivity contribution is 5.80. The molecule has 2 aliphatic rings. The predicted molar refractivity (Wildman–Crippen MR) is 121 cm³/mol. The van der Waals surface area contributed by atoms with Crippen molar-refractivity contribution in [2.45, 2.75) is 64.1 Å². The van der Waals surface area contributed by atoms with Crippen LogP contribution in [-0.2, 0) is 11.3 Å². The minimum absolute atomic E-state index is 0.224. The number of hydrogen-bond donors (Lipinski definition) is 2. The standard InChI is InChI=1S/C23H36N4O4/c1-4-30-23(28)27-13-11-18(12-14-27)26-22(24-2)25-16-17-9-10-20(29-3)21(15-17)31-19-7-5-6-8-19/h9-10,15,18-19H,4-8,11-14,16H2,1-3H3,(H2,24,25,26). The van der Waals surface area contributed by atoms with E-state index < -0.39 is 0 Å². The van der Waals surface area contributed by atoms with E-state index in [1.165, 1.54) is 12.8 Å². The van der Waals surface area contributed by atoms with Crippen molar-refractivity contribution in [3.8, 4) is 11.5 Å². The van der Waals surface area contributed by atoms with Crippen LogP contribution in [0.1, 0.15) is 51.0 Å². The molecule has 1 aliphatic carbocycles. The Bertz CT molecular complexity index is 741. The molecule has 0 unspecified atom stereocenters. The van der Waals surface area contributed by atoms with Gasteiger partial charge < -0.3 is 29.7 Å². The first-order valence-corrected chi connectivity index (χ1v) is 11.3. The van der Waals surface area contributed by atoms with Gasteiger partial charge in [0.1, 0.15) is 0 Å². The number of methoxy groups -OCH3 is 1. The Morgan fingerprint density at radius 2 is 1.90 bits per heavy atom. The van der Waals surface area contributed by atoms with Gasteiger partial charge in [0.05, 0.1) is 19.8 Å². The molecule has 0 aromatic heterocycles. The number of likely N-dealkylation sites (tertiary alicyclic amines) is 1. The fourth-order valence-corrected chi connectivity index (χ4v) is 4.10. The molecule has 1 amide bonds. The second-order valence-corrected chi connectivity index (χ2v) is 8.04. The lowest BCUT2D eigenvalue weighted by molar-refractivity contribution is 0.0963. The molecule has 1 aromatic rings. The quantitative estimate of drug-likeness (QED) is 0.508. The molecule has 1 saturated heterocycles. The van der Waals surface area contributed by atoms with Crippen LogP contribution < -0.4 is 20.1 Å². The number of guanidine groups is 1. The zero-order chi connectivity index (χ0) is 22.1. The monoisotopic (exact) mass is 432 g/mol. The molecule has 3 rings (SSSR count). The van der Waals surface area contributed by atoms with Crippen molar-refractivity contribution < 1.29 is 19.0 Å². The van der Waals surface area contributed by atoms with Gasteiger partial charge in [-0.1, -0.05) is 6.07 Å². The average molecular weight is 433 g/mol. The number of piperidine rings is 1. The third kappa shape index (κ3) is 6.67. The number of carbonyl (C=O) groups is 1. The number of aliphatic imine (C=N–C) groups is 1. The van der Waals surface area contributed by atoms with Gasteiger partial charge >= 0.3 is 6.09 Å². The largest absolute Gasteiger partial charge is 0.493 e. The summed E-state index contributed by atoms with van der Waals surface area (Å²) in [7, 11) is 3.44. The van der Waals surface area contributed by atoms with Gasteiger partial charge in [-0.2, -0.15) is 0 Å². The van der Waals surface area contributed by atoms with Crippen LogP contribution in [-0.4, -0.2) is 63.0 Å². The highest BCUT2D eigenvalue weighted by Crippen LogP contribution is 2.32. The lowest BCUT2D eigenvalue weighted by atomic mass is 10.1. The van der Waals surface area contributed by atoms with Crippen LogP contribution >= 0.6 is 0 Å². The Kier molecular flexibility index (Phi) is 8.67. The van der Waals surface area contributed by atoms with E-state index in [1.54, 1.807) is 19.1 Å². The van der Waals surface area contributed by atoms with E-state index in [2.05, 4.69) is 21.7 Å². The number of nitrogens with one attached hydrogen (secondary N) is 2. The molecule has 1 aromatic carbocycles. The number of rotatable bonds is 7. The van der Waals surface area contributed by atoms with Crippen molar-refractivity contribution in [3.05, 3.63) is 23.8 Å². The van der Waals surface area contributed by atoms with Gasteiger partial charge in [0.2, 0.25) is 0 Å². The van der Waals surface area contributed by atoms with Gasteiger partial charge in [-0.05, 0) is 63.1 Å². The summed E-state index contributed by atoms with van der Waals surface area (Å²) in [6, 6.07) is 6.32. The maximum atomic E-state index is 11.9. The summed E-state index contributed by atoms with van der Waals surface area (Å²) < 4.78 is 16.8. The van der Waals surface area contributed by atoms with Gasteiger partial charge in [-0.25, -0.2) is 4.79 Å². The van der Waals surface area contributed by atoms with Crippen molar-refractivity contribution in [2.24, 2.45) is 4.99 Å². The van der Waals surface area contributed by atoms with Crippen molar-refractivity contribution >= 4 is 12.1 Å². The fraction of sp³-hybridized carbons (Fsp3) is 0.652. The van der Waals surface area contributed by atoms with Crippen molar-refractivity contribution in [1.82, 2.24) is 15.5 Å². The molecule has 1 aliphatic heterocycles. The molecular formula is C23H36N4O4. The number of amides is 1. The van der Waals surface area contributed by atoms with Crippen LogP contribution in [0.15, 0.2) is 23.2 Å². The van der Waals surface area contributed by atoms with Crippen molar-refractivity contribution in [1.29, 1.82) is 0 Å². The van der Waals surface area contributed by atoms with Gasteiger partial charge in [-0.15, -0.1) is 0 Å². The molecule has 0 bridgehead atoms. The van der Waals surface area contributed by atoms with E-state index in [1.807, 2.05) is 19.1 Å². The zero-order valence-corrected chi connectivity index (χ0v) is 19.0. The maximum Gasteiger partial charge on any atom is 0.409 e. The SMILES string of the molecule is CCOC(=O)N1CCC(NC(=NC)NCc2ccc(OC)c(OC3CCCC3)c2)CC1. The molecule has 8 heteroatoms. The van der Waals surface area contributed by atoms with Crippen LogP contribution in [0.3, 0.4) is 0 Å². The van der Waals surface area contributed by atoms with Gasteiger partial charge in [0.15, 0.2) is 17.5 Å². The lowest BCUT2D eigenvalue weighted by Crippen LogP contribution is -2.49. The summed E-state index contributed by atoms with van der Waals surface area (Å²) in [5, 5.41) is 6.85. The number of nitrogens with zero attached hydrogens (tertiary/aromatic N) is 2. The van der Waals surface area contributed by atoms with E-state index in [9.17, 15) is 4.79 Å². The first-order valence-electron chi connectivity index (χ1n) is 11.3. The maximum absolute atomic E-state index is 11.9. The number of ether oxygens (including phenoxy) is 3. The Hall–Kier alpha value is -2.64. The summed E-state index contributed by atoms with van der Waals surface area (Å²) in [4.78, 5) is 18.0. The number of hydrogen-bond acceptors (Lipinski definition) is 5. The Labute approximate surface area is 185 Å². The third-order valence-electron chi connectivity index (χ3n) is 5.87. The number of carbonyl (C=O) groups excluding carboxylic acids is 1. The molecule has 31 heavy (non-hydrogen) atoms. The van der Waals surface area contributed by atoms with Gasteiger partial charge in [-0.3, -0.25) is 4.99 Å². The average Bonchev–Trinajstić information content (AvgIpc) is 3.30. The van der Waals surface area contributed by atoms with E-state index in [0.717, 1.165) is 48.7 Å². The van der Waals surface area contributed by atoms with Crippen LogP contribution in [0, 0.1) is 0 Å². The minimum atomic E-state index is -0.224. The number of benzene rings is 1. The molecule has 172 valence electrons. The summed E-state index contributed by atoms with van der Waals surface area (Å²) in [6.45, 7) is 4.24. The molecule has 2 N–H and O–H groups in total. The molecule has 0 atom stereocenters. The topological polar surface area (TPSA) is 84.4 Å². The van der Waals surface area contributed by atoms with E-state index in [0.29, 0.717) is 26.2 Å². The fourth-order valence-electron chi connectivity index (χ4n) is 4.10. The van der Waals surface area contributed by atoms with Crippen LogP contribution in [0.2, 0.25) is 0 Å². The molecule has 1 saturated carbocycles. The highest BCUT2D eigenvalue weighted by atomic mass is 16.6. The Balaban J connectivity index is 1.49. The van der Waals surface area contributed by atoms with Gasteiger partial charge in [0, 0.05) is 32.7 Å². The third-order valence-corrected chi connectivity index (χ3v) is 5.87. The predicted octanol–water partition coefficient (Wildman–Crippen LogP) is 3.30. The zero-order valence-electron chi connectivity index (χ0n) is 19.0. The van der Waals surface area contributed by atoms with Crippen LogP contribution in [0.25, 0.3) is 0 Å². The molecule has 2 fully saturated rings. The van der Waals surface area contributed by atoms with E-state index in [4.69, 9.17) is 14.2 Å². The molecule has 0 radical (unpaired) electrons. The Morgan fingerprint density at radius 1 is 1.16 bits per heavy atom. The van der Waals surface area contributed by atoms with Crippen LogP contribution in [0.5, 0.6) is 11.5 Å². The molecule has 0 spiro atoms. The molecule has 8 nitrogen and oxygen atoms in total. The van der Waals surface area contributed by atoms with Crippen molar-refractivity contribution in [3.63, 3.8) is 0 Å².